The van der Waals surface area contributed by atoms with Crippen molar-refractivity contribution in [3.63, 3.8) is 0 Å². The van der Waals surface area contributed by atoms with Crippen molar-refractivity contribution in [2.75, 3.05) is 0 Å². The van der Waals surface area contributed by atoms with Crippen LogP contribution in [-0.4, -0.2) is 11.7 Å². The third-order valence-electron chi connectivity index (χ3n) is 5.50. The quantitative estimate of drug-likeness (QED) is 0.305. The molecule has 0 bridgehead atoms. The Morgan fingerprint density at radius 2 is 1.60 bits per heavy atom. The zero-order chi connectivity index (χ0) is 18.7. The number of unbranched alkanes of at least 4 members (excludes halogenated alkanes) is 1. The zero-order valence-corrected chi connectivity index (χ0v) is 18.0. The van der Waals surface area contributed by atoms with Crippen LogP contribution < -0.4 is 0 Å². The summed E-state index contributed by atoms with van der Waals surface area (Å²) < 4.78 is 7.03. The lowest BCUT2D eigenvalue weighted by molar-refractivity contribution is -0.0202. The Hall–Kier alpha value is -0.560. The molecule has 0 radical (unpaired) electrons. The molecule has 0 spiro atoms. The summed E-state index contributed by atoms with van der Waals surface area (Å²) in [5.74, 6) is 0. The van der Waals surface area contributed by atoms with E-state index in [2.05, 4.69) is 47.6 Å². The summed E-state index contributed by atoms with van der Waals surface area (Å²) in [5.41, 5.74) is 4.85. The third kappa shape index (κ3) is 5.46. The summed E-state index contributed by atoms with van der Waals surface area (Å²) in [5, 5.41) is 0. The highest BCUT2D eigenvalue weighted by molar-refractivity contribution is 5.42. The van der Waals surface area contributed by atoms with Crippen LogP contribution in [0, 0.1) is 0 Å². The Kier molecular flexibility index (Phi) is 10.7. The minimum Gasteiger partial charge on any atom is -0.359 e. The molecule has 1 heterocycles. The van der Waals surface area contributed by atoms with Gasteiger partial charge in [-0.3, -0.25) is 0 Å². The van der Waals surface area contributed by atoms with Crippen LogP contribution in [-0.2, 0) is 4.74 Å². The molecule has 1 rings (SSSR count). The topological polar surface area (TPSA) is 9.23 Å². The first-order valence-electron chi connectivity index (χ1n) is 11.2. The molecule has 0 amide bonds. The molecular formula is C24H44O. The molecule has 25 heavy (non-hydrogen) atoms. The standard InChI is InChI=1S/C24H44O/c1-7-13-18-20(14-8-2)24(19-12-6)22(16-10-4)21(15-9-3)23(25-24)17-11-5/h18,23H,7-17,19H2,1-6H3/b20-18+/t23-,24-/m0/s1. The number of allylic oxidation sites excluding steroid dienone is 1. The monoisotopic (exact) mass is 348 g/mol. The molecule has 0 fully saturated rings. The van der Waals surface area contributed by atoms with Gasteiger partial charge in [-0.1, -0.05) is 86.1 Å². The average molecular weight is 349 g/mol. The Morgan fingerprint density at radius 1 is 0.880 bits per heavy atom. The van der Waals surface area contributed by atoms with E-state index in [1.807, 2.05) is 0 Å². The van der Waals surface area contributed by atoms with Gasteiger partial charge in [0.1, 0.15) is 5.60 Å². The lowest BCUT2D eigenvalue weighted by Gasteiger charge is -2.36. The molecule has 1 heteroatoms. The van der Waals surface area contributed by atoms with Gasteiger partial charge in [0.05, 0.1) is 6.10 Å². The first-order chi connectivity index (χ1) is 12.1. The molecule has 0 aliphatic carbocycles. The molecule has 1 aliphatic heterocycles. The van der Waals surface area contributed by atoms with Gasteiger partial charge in [-0.05, 0) is 55.2 Å². The van der Waals surface area contributed by atoms with E-state index >= 15 is 0 Å². The first-order valence-corrected chi connectivity index (χ1v) is 11.2. The SMILES string of the molecule is CCC/C=C(\CCC)[C@]1(CCC)O[C@@H](CCC)C(CCC)=C1CCC. The molecule has 0 saturated carbocycles. The van der Waals surface area contributed by atoms with E-state index in [1.54, 1.807) is 16.7 Å². The zero-order valence-electron chi connectivity index (χ0n) is 18.0. The second-order valence-electron chi connectivity index (χ2n) is 7.74. The highest BCUT2D eigenvalue weighted by atomic mass is 16.5. The maximum Gasteiger partial charge on any atom is 0.111 e. The van der Waals surface area contributed by atoms with Crippen molar-refractivity contribution in [1.29, 1.82) is 0 Å². The van der Waals surface area contributed by atoms with Gasteiger partial charge in [-0.25, -0.2) is 0 Å². The van der Waals surface area contributed by atoms with Crippen LogP contribution in [0.15, 0.2) is 22.8 Å². The van der Waals surface area contributed by atoms with Crippen LogP contribution in [0.3, 0.4) is 0 Å². The Labute approximate surface area is 158 Å². The van der Waals surface area contributed by atoms with Crippen LogP contribution in [0.2, 0.25) is 0 Å². The van der Waals surface area contributed by atoms with Crippen LogP contribution in [0.25, 0.3) is 0 Å². The second kappa shape index (κ2) is 11.9. The Balaban J connectivity index is 3.45. The summed E-state index contributed by atoms with van der Waals surface area (Å²) in [4.78, 5) is 0. The highest BCUT2D eigenvalue weighted by Crippen LogP contribution is 2.49. The lowest BCUT2D eigenvalue weighted by atomic mass is 9.76. The van der Waals surface area contributed by atoms with E-state index in [9.17, 15) is 0 Å². The summed E-state index contributed by atoms with van der Waals surface area (Å²) in [7, 11) is 0. The number of hydrogen-bond donors (Lipinski definition) is 0. The van der Waals surface area contributed by atoms with Crippen LogP contribution >= 0.6 is 0 Å². The van der Waals surface area contributed by atoms with Gasteiger partial charge < -0.3 is 4.74 Å². The van der Waals surface area contributed by atoms with E-state index in [0.717, 1.165) is 6.42 Å². The predicted molar refractivity (Wildman–Crippen MR) is 112 cm³/mol. The summed E-state index contributed by atoms with van der Waals surface area (Å²) in [6, 6.07) is 0. The van der Waals surface area contributed by atoms with Crippen molar-refractivity contribution < 1.29 is 4.74 Å². The van der Waals surface area contributed by atoms with E-state index < -0.39 is 0 Å². The molecule has 1 nitrogen and oxygen atoms in total. The van der Waals surface area contributed by atoms with Crippen molar-refractivity contribution in [3.8, 4) is 0 Å². The maximum atomic E-state index is 7.03. The summed E-state index contributed by atoms with van der Waals surface area (Å²) in [6.45, 7) is 13.9. The molecule has 2 atom stereocenters. The highest BCUT2D eigenvalue weighted by Gasteiger charge is 2.46. The number of hydrogen-bond acceptors (Lipinski definition) is 1. The molecule has 146 valence electrons. The van der Waals surface area contributed by atoms with Crippen molar-refractivity contribution in [2.45, 2.75) is 130 Å². The Morgan fingerprint density at radius 3 is 2.12 bits per heavy atom. The van der Waals surface area contributed by atoms with Crippen molar-refractivity contribution in [1.82, 2.24) is 0 Å². The molecule has 0 N–H and O–H groups in total. The molecule has 0 aromatic rings. The average Bonchev–Trinajstić information content (AvgIpc) is 2.87. The van der Waals surface area contributed by atoms with Crippen LogP contribution in [0.5, 0.6) is 0 Å². The van der Waals surface area contributed by atoms with Gasteiger partial charge >= 0.3 is 0 Å². The second-order valence-corrected chi connectivity index (χ2v) is 7.74. The fourth-order valence-corrected chi connectivity index (χ4v) is 4.58. The molecule has 0 unspecified atom stereocenters. The van der Waals surface area contributed by atoms with Crippen LogP contribution in [0.1, 0.15) is 119 Å². The molecule has 1 aliphatic rings. The van der Waals surface area contributed by atoms with Gasteiger partial charge in [-0.2, -0.15) is 0 Å². The van der Waals surface area contributed by atoms with Gasteiger partial charge in [0.15, 0.2) is 0 Å². The van der Waals surface area contributed by atoms with E-state index in [0.29, 0.717) is 6.10 Å². The summed E-state index contributed by atoms with van der Waals surface area (Å²) in [6.07, 6.45) is 17.3. The normalized spacial score (nSPS) is 24.4. The van der Waals surface area contributed by atoms with Crippen molar-refractivity contribution >= 4 is 0 Å². The molecule has 0 aromatic heterocycles. The predicted octanol–water partition coefficient (Wildman–Crippen LogP) is 8.15. The van der Waals surface area contributed by atoms with E-state index in [4.69, 9.17) is 4.74 Å². The largest absolute Gasteiger partial charge is 0.359 e. The summed E-state index contributed by atoms with van der Waals surface area (Å²) >= 11 is 0. The van der Waals surface area contributed by atoms with Gasteiger partial charge in [-0.15, -0.1) is 0 Å². The Bertz CT molecular complexity index is 431. The maximum absolute atomic E-state index is 7.03. The van der Waals surface area contributed by atoms with Gasteiger partial charge in [0.25, 0.3) is 0 Å². The number of ether oxygens (including phenoxy) is 1. The van der Waals surface area contributed by atoms with E-state index in [1.165, 1.54) is 70.6 Å². The molecular weight excluding hydrogens is 304 g/mol. The van der Waals surface area contributed by atoms with Crippen molar-refractivity contribution in [2.24, 2.45) is 0 Å². The minimum atomic E-state index is -0.0831. The van der Waals surface area contributed by atoms with Gasteiger partial charge in [0.2, 0.25) is 0 Å². The van der Waals surface area contributed by atoms with E-state index in [-0.39, 0.29) is 5.60 Å². The third-order valence-corrected chi connectivity index (χ3v) is 5.50. The molecule has 0 saturated heterocycles. The first kappa shape index (κ1) is 22.5. The number of rotatable bonds is 13. The molecule has 0 aromatic carbocycles. The lowest BCUT2D eigenvalue weighted by Crippen LogP contribution is -2.35. The fourth-order valence-electron chi connectivity index (χ4n) is 4.58. The smallest absolute Gasteiger partial charge is 0.111 e. The van der Waals surface area contributed by atoms with Crippen LogP contribution in [0.4, 0.5) is 0 Å². The minimum absolute atomic E-state index is 0.0831. The van der Waals surface area contributed by atoms with Gasteiger partial charge in [0, 0.05) is 0 Å². The fraction of sp³-hybridized carbons (Fsp3) is 0.833. The van der Waals surface area contributed by atoms with Crippen molar-refractivity contribution in [3.05, 3.63) is 22.8 Å².